The van der Waals surface area contributed by atoms with Crippen molar-refractivity contribution in [2.45, 2.75) is 77.2 Å². The van der Waals surface area contributed by atoms with Crippen LogP contribution in [0.5, 0.6) is 0 Å². The lowest BCUT2D eigenvalue weighted by molar-refractivity contribution is 0.167. The molecule has 116 valence electrons. The fourth-order valence-electron chi connectivity index (χ4n) is 2.32. The molecule has 1 rings (SSSR count). The molecule has 20 heavy (non-hydrogen) atoms. The van der Waals surface area contributed by atoms with Gasteiger partial charge in [-0.2, -0.15) is 0 Å². The molecule has 0 spiro atoms. The Labute approximate surface area is 140 Å². The van der Waals surface area contributed by atoms with Crippen LogP contribution in [-0.2, 0) is 0 Å². The zero-order valence-corrected chi connectivity index (χ0v) is 15.5. The number of aliphatic hydroxyl groups is 1. The molecule has 0 aromatic carbocycles. The van der Waals surface area contributed by atoms with Crippen LogP contribution < -0.4 is 0 Å². The molecule has 1 unspecified atom stereocenters. The van der Waals surface area contributed by atoms with Crippen LogP contribution in [0.3, 0.4) is 0 Å². The minimum absolute atomic E-state index is 0.353. The highest BCUT2D eigenvalue weighted by molar-refractivity contribution is 9.10. The van der Waals surface area contributed by atoms with E-state index in [-0.39, 0.29) is 6.10 Å². The molecule has 0 saturated carbocycles. The van der Waals surface area contributed by atoms with Gasteiger partial charge in [0.25, 0.3) is 0 Å². The molecule has 1 heterocycles. The van der Waals surface area contributed by atoms with E-state index in [4.69, 9.17) is 11.6 Å². The van der Waals surface area contributed by atoms with Crippen LogP contribution in [0.1, 0.15) is 82.1 Å². The van der Waals surface area contributed by atoms with Crippen molar-refractivity contribution < 1.29 is 5.11 Å². The van der Waals surface area contributed by atoms with Crippen molar-refractivity contribution in [3.05, 3.63) is 19.8 Å². The van der Waals surface area contributed by atoms with Crippen LogP contribution in [0.2, 0.25) is 4.34 Å². The molecule has 0 bridgehead atoms. The first-order valence-electron chi connectivity index (χ1n) is 7.78. The minimum Gasteiger partial charge on any atom is -0.388 e. The second kappa shape index (κ2) is 11.1. The fourth-order valence-corrected chi connectivity index (χ4v) is 4.07. The Bertz CT molecular complexity index is 348. The second-order valence-corrected chi connectivity index (χ2v) is 7.94. The summed E-state index contributed by atoms with van der Waals surface area (Å²) in [4.78, 5) is 0.974. The monoisotopic (exact) mass is 380 g/mol. The molecule has 1 aromatic heterocycles. The van der Waals surface area contributed by atoms with Crippen molar-refractivity contribution >= 4 is 38.9 Å². The molecule has 0 saturated heterocycles. The van der Waals surface area contributed by atoms with Crippen LogP contribution in [0.4, 0.5) is 0 Å². The topological polar surface area (TPSA) is 20.2 Å². The lowest BCUT2D eigenvalue weighted by atomic mass is 10.0. The Morgan fingerprint density at radius 3 is 2.15 bits per heavy atom. The number of thiophene rings is 1. The molecular formula is C16H26BrClOS. The molecule has 0 amide bonds. The van der Waals surface area contributed by atoms with Gasteiger partial charge in [0, 0.05) is 9.35 Å². The Balaban J connectivity index is 2.01. The minimum atomic E-state index is -0.353. The zero-order valence-electron chi connectivity index (χ0n) is 12.3. The van der Waals surface area contributed by atoms with Gasteiger partial charge in [-0.15, -0.1) is 11.3 Å². The summed E-state index contributed by atoms with van der Waals surface area (Å²) in [7, 11) is 0. The molecular weight excluding hydrogens is 356 g/mol. The van der Waals surface area contributed by atoms with E-state index in [0.717, 1.165) is 26.5 Å². The predicted octanol–water partition coefficient (Wildman–Crippen LogP) is 7.12. The fraction of sp³-hybridized carbons (Fsp3) is 0.750. The Hall–Kier alpha value is 0.430. The summed E-state index contributed by atoms with van der Waals surface area (Å²) < 4.78 is 1.62. The summed E-state index contributed by atoms with van der Waals surface area (Å²) in [6.45, 7) is 2.25. The van der Waals surface area contributed by atoms with Crippen LogP contribution >= 0.6 is 38.9 Å². The predicted molar refractivity (Wildman–Crippen MR) is 93.8 cm³/mol. The largest absolute Gasteiger partial charge is 0.388 e. The highest BCUT2D eigenvalue weighted by Crippen LogP contribution is 2.36. The summed E-state index contributed by atoms with van der Waals surface area (Å²) >= 11 is 10.8. The molecule has 1 atom stereocenters. The quantitative estimate of drug-likeness (QED) is 0.404. The van der Waals surface area contributed by atoms with Gasteiger partial charge < -0.3 is 5.11 Å². The average molecular weight is 382 g/mol. The molecule has 1 nitrogen and oxygen atoms in total. The van der Waals surface area contributed by atoms with E-state index in [1.807, 2.05) is 6.07 Å². The number of aliphatic hydroxyl groups excluding tert-OH is 1. The lowest BCUT2D eigenvalue weighted by Crippen LogP contribution is -1.94. The Morgan fingerprint density at radius 1 is 1.10 bits per heavy atom. The van der Waals surface area contributed by atoms with E-state index in [0.29, 0.717) is 0 Å². The first-order valence-corrected chi connectivity index (χ1v) is 9.76. The van der Waals surface area contributed by atoms with Gasteiger partial charge in [0.2, 0.25) is 0 Å². The highest BCUT2D eigenvalue weighted by Gasteiger charge is 2.12. The summed E-state index contributed by atoms with van der Waals surface area (Å²) in [5.41, 5.74) is 0. The van der Waals surface area contributed by atoms with E-state index < -0.39 is 0 Å². The molecule has 0 radical (unpaired) electrons. The van der Waals surface area contributed by atoms with Gasteiger partial charge in [-0.25, -0.2) is 0 Å². The standard InChI is InChI=1S/C16H26BrClOS/c1-2-3-4-5-6-7-8-9-10-11-14(19)15-12-13(17)16(18)20-15/h12,14,19H,2-11H2,1H3. The van der Waals surface area contributed by atoms with E-state index in [1.54, 1.807) is 0 Å². The van der Waals surface area contributed by atoms with Gasteiger partial charge in [0.1, 0.15) is 4.34 Å². The summed E-state index contributed by atoms with van der Waals surface area (Å²) in [5, 5.41) is 10.1. The SMILES string of the molecule is CCCCCCCCCCCC(O)c1cc(Br)c(Cl)s1. The van der Waals surface area contributed by atoms with Gasteiger partial charge >= 0.3 is 0 Å². The molecule has 0 fully saturated rings. The van der Waals surface area contributed by atoms with Crippen molar-refractivity contribution in [3.8, 4) is 0 Å². The first kappa shape index (κ1) is 18.5. The van der Waals surface area contributed by atoms with Gasteiger partial charge in [-0.3, -0.25) is 0 Å². The van der Waals surface area contributed by atoms with Crippen molar-refractivity contribution in [2.24, 2.45) is 0 Å². The van der Waals surface area contributed by atoms with Crippen LogP contribution in [-0.4, -0.2) is 5.11 Å². The van der Waals surface area contributed by atoms with E-state index in [9.17, 15) is 5.11 Å². The number of hydrogen-bond donors (Lipinski definition) is 1. The van der Waals surface area contributed by atoms with Gasteiger partial charge in [0.05, 0.1) is 6.10 Å². The van der Waals surface area contributed by atoms with Crippen molar-refractivity contribution in [2.75, 3.05) is 0 Å². The molecule has 0 aliphatic rings. The third kappa shape index (κ3) is 7.44. The third-order valence-corrected chi connectivity index (χ3v) is 6.15. The number of hydrogen-bond acceptors (Lipinski definition) is 2. The van der Waals surface area contributed by atoms with Crippen LogP contribution in [0, 0.1) is 0 Å². The summed E-state index contributed by atoms with van der Waals surface area (Å²) in [6.07, 6.45) is 12.3. The number of halogens is 2. The van der Waals surface area contributed by atoms with Crippen LogP contribution in [0.15, 0.2) is 10.5 Å². The molecule has 1 N–H and O–H groups in total. The van der Waals surface area contributed by atoms with Gasteiger partial charge in [-0.05, 0) is 28.4 Å². The maximum atomic E-state index is 10.1. The Kier molecular flexibility index (Phi) is 10.2. The van der Waals surface area contributed by atoms with Gasteiger partial charge in [-0.1, -0.05) is 76.3 Å². The highest BCUT2D eigenvalue weighted by atomic mass is 79.9. The van der Waals surface area contributed by atoms with Crippen molar-refractivity contribution in [1.82, 2.24) is 0 Å². The Morgan fingerprint density at radius 2 is 1.65 bits per heavy atom. The van der Waals surface area contributed by atoms with Crippen molar-refractivity contribution in [3.63, 3.8) is 0 Å². The maximum absolute atomic E-state index is 10.1. The first-order chi connectivity index (χ1) is 9.65. The number of rotatable bonds is 11. The van der Waals surface area contributed by atoms with E-state index >= 15 is 0 Å². The summed E-state index contributed by atoms with van der Waals surface area (Å²) in [5.74, 6) is 0. The maximum Gasteiger partial charge on any atom is 0.107 e. The zero-order chi connectivity index (χ0) is 14.8. The summed E-state index contributed by atoms with van der Waals surface area (Å²) in [6, 6.07) is 1.94. The third-order valence-electron chi connectivity index (χ3n) is 3.57. The molecule has 1 aromatic rings. The smallest absolute Gasteiger partial charge is 0.107 e. The lowest BCUT2D eigenvalue weighted by Gasteiger charge is -2.08. The number of unbranched alkanes of at least 4 members (excludes halogenated alkanes) is 8. The second-order valence-electron chi connectivity index (χ2n) is 5.40. The van der Waals surface area contributed by atoms with Crippen molar-refractivity contribution in [1.29, 1.82) is 0 Å². The van der Waals surface area contributed by atoms with E-state index in [2.05, 4.69) is 22.9 Å². The van der Waals surface area contributed by atoms with Gasteiger partial charge in [0.15, 0.2) is 0 Å². The molecule has 0 aliphatic heterocycles. The molecule has 4 heteroatoms. The normalized spacial score (nSPS) is 12.8. The van der Waals surface area contributed by atoms with Crippen LogP contribution in [0.25, 0.3) is 0 Å². The van der Waals surface area contributed by atoms with E-state index in [1.165, 1.54) is 62.7 Å². The average Bonchev–Trinajstić information content (AvgIpc) is 2.77. The molecule has 0 aliphatic carbocycles.